The molecule has 5 rings (SSSR count). The summed E-state index contributed by atoms with van der Waals surface area (Å²) >= 11 is 0. The molecule has 1 N–H and O–H groups in total. The molecular weight excluding hydrogens is 559 g/mol. The standard InChI is InChI=1S/C32H36F3N5O3/c1-31(2,3)43-30(42)39-17-14-23(20-39)21-8-6-11-25(19-21)36-29(41)40-16-7-15-38(4)27-13-12-26(37-28(27)40)22-9-5-10-24(18-22)32(33,34)35/h5-6,8-13,18-19,23H,7,14-17,20H2,1-4H3,(H,36,41). The first-order valence-corrected chi connectivity index (χ1v) is 14.3. The smallest absolute Gasteiger partial charge is 0.416 e. The van der Waals surface area contributed by atoms with Crippen LogP contribution in [0.2, 0.25) is 0 Å². The SMILES string of the molecule is CN1CCCN(C(=O)Nc2cccc(C3CCN(C(=O)OC(C)(C)C)C3)c2)c2nc(-c3cccc(C(F)(F)F)c3)ccc21. The molecule has 0 bridgehead atoms. The molecule has 0 spiro atoms. The van der Waals surface area contributed by atoms with E-state index in [1.807, 2.05) is 50.9 Å². The Morgan fingerprint density at radius 1 is 0.977 bits per heavy atom. The average molecular weight is 596 g/mol. The first-order chi connectivity index (χ1) is 20.3. The predicted octanol–water partition coefficient (Wildman–Crippen LogP) is 7.37. The summed E-state index contributed by atoms with van der Waals surface area (Å²) in [6, 6.07) is 15.7. The van der Waals surface area contributed by atoms with Crippen molar-refractivity contribution < 1.29 is 27.5 Å². The zero-order valence-electron chi connectivity index (χ0n) is 24.7. The lowest BCUT2D eigenvalue weighted by Crippen LogP contribution is -2.36. The molecule has 0 aliphatic carbocycles. The van der Waals surface area contributed by atoms with Gasteiger partial charge in [0.2, 0.25) is 0 Å². The Balaban J connectivity index is 1.36. The van der Waals surface area contributed by atoms with Crippen LogP contribution >= 0.6 is 0 Å². The molecule has 43 heavy (non-hydrogen) atoms. The van der Waals surface area contributed by atoms with Gasteiger partial charge < -0.3 is 19.9 Å². The maximum absolute atomic E-state index is 13.7. The van der Waals surface area contributed by atoms with Crippen molar-refractivity contribution in [1.29, 1.82) is 0 Å². The van der Waals surface area contributed by atoms with E-state index in [1.165, 1.54) is 6.07 Å². The van der Waals surface area contributed by atoms with Crippen molar-refractivity contribution in [2.24, 2.45) is 0 Å². The number of ether oxygens (including phenoxy) is 1. The number of rotatable bonds is 3. The third kappa shape index (κ3) is 7.03. The van der Waals surface area contributed by atoms with Gasteiger partial charge in [0.15, 0.2) is 5.82 Å². The van der Waals surface area contributed by atoms with Gasteiger partial charge in [-0.25, -0.2) is 14.6 Å². The summed E-state index contributed by atoms with van der Waals surface area (Å²) in [7, 11) is 1.90. The number of carbonyl (C=O) groups excluding carboxylic acids is 2. The lowest BCUT2D eigenvalue weighted by Gasteiger charge is -2.25. The van der Waals surface area contributed by atoms with E-state index in [0.717, 1.165) is 24.1 Å². The van der Waals surface area contributed by atoms with Gasteiger partial charge in [-0.3, -0.25) is 4.90 Å². The maximum atomic E-state index is 13.7. The Morgan fingerprint density at radius 2 is 1.74 bits per heavy atom. The Morgan fingerprint density at radius 3 is 2.49 bits per heavy atom. The lowest BCUT2D eigenvalue weighted by molar-refractivity contribution is -0.137. The topological polar surface area (TPSA) is 78.0 Å². The van der Waals surface area contributed by atoms with Crippen molar-refractivity contribution >= 4 is 29.3 Å². The number of benzene rings is 2. The van der Waals surface area contributed by atoms with Crippen molar-refractivity contribution in [3.63, 3.8) is 0 Å². The number of pyridine rings is 1. The third-order valence-electron chi connectivity index (χ3n) is 7.58. The molecule has 1 atom stereocenters. The van der Waals surface area contributed by atoms with Crippen molar-refractivity contribution in [3.05, 3.63) is 71.8 Å². The molecule has 0 radical (unpaired) electrons. The number of amides is 3. The second-order valence-electron chi connectivity index (χ2n) is 12.0. The zero-order chi connectivity index (χ0) is 30.9. The van der Waals surface area contributed by atoms with Crippen LogP contribution in [0.15, 0.2) is 60.7 Å². The highest BCUT2D eigenvalue weighted by atomic mass is 19.4. The first-order valence-electron chi connectivity index (χ1n) is 14.3. The van der Waals surface area contributed by atoms with E-state index in [9.17, 15) is 22.8 Å². The second kappa shape index (κ2) is 11.8. The molecule has 3 heterocycles. The van der Waals surface area contributed by atoms with Gasteiger partial charge in [0.1, 0.15) is 5.60 Å². The Hall–Kier alpha value is -4.28. The minimum absolute atomic E-state index is 0.105. The van der Waals surface area contributed by atoms with Crippen molar-refractivity contribution in [1.82, 2.24) is 9.88 Å². The number of anilines is 3. The summed E-state index contributed by atoms with van der Waals surface area (Å²) in [4.78, 5) is 36.1. The Labute approximate surface area is 249 Å². The molecule has 1 aromatic heterocycles. The lowest BCUT2D eigenvalue weighted by atomic mass is 9.98. The second-order valence-corrected chi connectivity index (χ2v) is 12.0. The van der Waals surface area contributed by atoms with Gasteiger partial charge in [0, 0.05) is 50.4 Å². The summed E-state index contributed by atoms with van der Waals surface area (Å²) < 4.78 is 45.6. The van der Waals surface area contributed by atoms with Crippen LogP contribution in [0, 0.1) is 0 Å². The van der Waals surface area contributed by atoms with Gasteiger partial charge in [-0.05, 0) is 75.6 Å². The highest BCUT2D eigenvalue weighted by Crippen LogP contribution is 2.36. The van der Waals surface area contributed by atoms with Crippen LogP contribution in [0.1, 0.15) is 50.7 Å². The molecule has 2 aromatic carbocycles. The largest absolute Gasteiger partial charge is 0.444 e. The highest BCUT2D eigenvalue weighted by molar-refractivity contribution is 6.03. The van der Waals surface area contributed by atoms with Crippen molar-refractivity contribution in [2.75, 3.05) is 48.3 Å². The number of hydrogen-bond acceptors (Lipinski definition) is 5. The van der Waals surface area contributed by atoms with Gasteiger partial charge in [-0.2, -0.15) is 13.2 Å². The summed E-state index contributed by atoms with van der Waals surface area (Å²) in [5.41, 5.74) is 1.65. The van der Waals surface area contributed by atoms with Gasteiger partial charge in [0.05, 0.1) is 16.9 Å². The fraction of sp³-hybridized carbons (Fsp3) is 0.406. The maximum Gasteiger partial charge on any atom is 0.416 e. The van der Waals surface area contributed by atoms with Gasteiger partial charge in [-0.1, -0.05) is 24.3 Å². The molecule has 2 aliphatic heterocycles. The van der Waals surface area contributed by atoms with Crippen LogP contribution in [-0.4, -0.2) is 60.8 Å². The number of alkyl halides is 3. The molecule has 2 aliphatic rings. The number of nitrogens with one attached hydrogen (secondary N) is 1. The summed E-state index contributed by atoms with van der Waals surface area (Å²) in [5.74, 6) is 0.487. The van der Waals surface area contributed by atoms with E-state index in [4.69, 9.17) is 9.72 Å². The quantitative estimate of drug-likeness (QED) is 0.342. The molecule has 3 aromatic rings. The summed E-state index contributed by atoms with van der Waals surface area (Å²) in [6.45, 7) is 7.71. The molecule has 3 amide bonds. The first kappa shape index (κ1) is 30.2. The number of likely N-dealkylation sites (tertiary alicyclic amines) is 1. The number of aromatic nitrogens is 1. The molecule has 1 fully saturated rings. The fourth-order valence-corrected chi connectivity index (χ4v) is 5.43. The number of fused-ring (bicyclic) bond motifs is 1. The summed E-state index contributed by atoms with van der Waals surface area (Å²) in [5, 5.41) is 2.99. The van der Waals surface area contributed by atoms with E-state index in [2.05, 4.69) is 5.32 Å². The van der Waals surface area contributed by atoms with Gasteiger partial charge in [0.25, 0.3) is 0 Å². The van der Waals surface area contributed by atoms with Crippen LogP contribution in [0.3, 0.4) is 0 Å². The van der Waals surface area contributed by atoms with Crippen LogP contribution in [0.5, 0.6) is 0 Å². The van der Waals surface area contributed by atoms with E-state index in [0.29, 0.717) is 61.0 Å². The zero-order valence-corrected chi connectivity index (χ0v) is 24.7. The summed E-state index contributed by atoms with van der Waals surface area (Å²) in [6.07, 6.45) is -3.34. The fourth-order valence-electron chi connectivity index (χ4n) is 5.43. The normalized spacial score (nSPS) is 17.4. The predicted molar refractivity (Wildman–Crippen MR) is 161 cm³/mol. The van der Waals surface area contributed by atoms with E-state index < -0.39 is 17.3 Å². The molecular formula is C32H36F3N5O3. The monoisotopic (exact) mass is 595 g/mol. The molecule has 11 heteroatoms. The third-order valence-corrected chi connectivity index (χ3v) is 7.58. The van der Waals surface area contributed by atoms with Crippen LogP contribution in [0.4, 0.5) is 40.0 Å². The minimum Gasteiger partial charge on any atom is -0.444 e. The number of urea groups is 1. The van der Waals surface area contributed by atoms with Gasteiger partial charge in [-0.15, -0.1) is 0 Å². The number of nitrogens with zero attached hydrogens (tertiary/aromatic N) is 4. The van der Waals surface area contributed by atoms with Crippen molar-refractivity contribution in [3.8, 4) is 11.3 Å². The van der Waals surface area contributed by atoms with Gasteiger partial charge >= 0.3 is 18.3 Å². The van der Waals surface area contributed by atoms with Crippen LogP contribution in [-0.2, 0) is 10.9 Å². The molecule has 0 saturated carbocycles. The molecule has 1 unspecified atom stereocenters. The molecule has 1 saturated heterocycles. The number of hydrogen-bond donors (Lipinski definition) is 1. The van der Waals surface area contributed by atoms with E-state index >= 15 is 0 Å². The van der Waals surface area contributed by atoms with E-state index in [1.54, 1.807) is 34.1 Å². The van der Waals surface area contributed by atoms with Crippen LogP contribution < -0.4 is 15.1 Å². The Kier molecular flexibility index (Phi) is 8.27. The average Bonchev–Trinajstić information content (AvgIpc) is 3.38. The number of carbonyl (C=O) groups is 2. The number of halogens is 3. The van der Waals surface area contributed by atoms with Crippen molar-refractivity contribution in [2.45, 2.75) is 51.3 Å². The highest BCUT2D eigenvalue weighted by Gasteiger charge is 2.32. The molecule has 8 nitrogen and oxygen atoms in total. The van der Waals surface area contributed by atoms with E-state index in [-0.39, 0.29) is 18.0 Å². The molecule has 228 valence electrons. The van der Waals surface area contributed by atoms with Crippen LogP contribution in [0.25, 0.3) is 11.3 Å². The Bertz CT molecular complexity index is 1500. The minimum atomic E-state index is -4.48.